The molecular weight excluding hydrogens is 218 g/mol. The number of aryl methyl sites for hydroxylation is 1. The number of hydrogen-bond donors (Lipinski definition) is 1. The van der Waals surface area contributed by atoms with Crippen molar-refractivity contribution in [2.24, 2.45) is 11.8 Å². The van der Waals surface area contributed by atoms with E-state index in [9.17, 15) is 0 Å². The van der Waals surface area contributed by atoms with E-state index < -0.39 is 0 Å². The molecule has 2 saturated heterocycles. The van der Waals surface area contributed by atoms with Gasteiger partial charge in [0.2, 0.25) is 0 Å². The molecule has 0 amide bonds. The lowest BCUT2D eigenvalue weighted by atomic mass is 9.95. The molecule has 0 radical (unpaired) electrons. The minimum atomic E-state index is 0.712. The summed E-state index contributed by atoms with van der Waals surface area (Å²) in [6.07, 6.45) is 0. The summed E-state index contributed by atoms with van der Waals surface area (Å²) in [4.78, 5) is 7.17. The summed E-state index contributed by atoms with van der Waals surface area (Å²) in [5.41, 5.74) is 1.16. The van der Waals surface area contributed by atoms with Crippen LogP contribution in [-0.2, 0) is 6.54 Å². The average Bonchev–Trinajstić information content (AvgIpc) is 2.90. The summed E-state index contributed by atoms with van der Waals surface area (Å²) >= 11 is 1.80. The molecule has 4 heteroatoms. The molecule has 2 aliphatic rings. The van der Waals surface area contributed by atoms with Gasteiger partial charge >= 0.3 is 0 Å². The van der Waals surface area contributed by atoms with E-state index >= 15 is 0 Å². The first-order valence-electron chi connectivity index (χ1n) is 6.10. The average molecular weight is 237 g/mol. The van der Waals surface area contributed by atoms with Gasteiger partial charge in [-0.1, -0.05) is 0 Å². The Hall–Kier alpha value is -0.450. The smallest absolute Gasteiger partial charge is 0.107 e. The molecule has 0 saturated carbocycles. The van der Waals surface area contributed by atoms with E-state index in [2.05, 4.69) is 34.4 Å². The van der Waals surface area contributed by atoms with E-state index in [0.717, 1.165) is 24.1 Å². The first kappa shape index (κ1) is 10.7. The molecule has 88 valence electrons. The third-order valence-electron chi connectivity index (χ3n) is 4.06. The number of hydrogen-bond acceptors (Lipinski definition) is 4. The minimum absolute atomic E-state index is 0.712. The fourth-order valence-corrected chi connectivity index (χ4v) is 3.91. The highest BCUT2D eigenvalue weighted by Gasteiger charge is 2.41. The van der Waals surface area contributed by atoms with Crippen LogP contribution in [0.5, 0.6) is 0 Å². The number of thiazole rings is 1. The van der Waals surface area contributed by atoms with Crippen LogP contribution in [0.15, 0.2) is 5.38 Å². The standard InChI is InChI=1S/C12H19N3S/c1-8-7-16-12(14-8)6-15-5-10-3-13-4-11(10)9(15)2/h7,9-11,13H,3-6H2,1-2H3. The van der Waals surface area contributed by atoms with Crippen LogP contribution >= 0.6 is 11.3 Å². The van der Waals surface area contributed by atoms with Crippen molar-refractivity contribution in [3.05, 3.63) is 16.1 Å². The molecule has 3 atom stereocenters. The lowest BCUT2D eigenvalue weighted by Crippen LogP contribution is -2.32. The molecule has 0 aromatic carbocycles. The monoisotopic (exact) mass is 237 g/mol. The number of aromatic nitrogens is 1. The largest absolute Gasteiger partial charge is 0.316 e. The van der Waals surface area contributed by atoms with Gasteiger partial charge in [0.1, 0.15) is 5.01 Å². The zero-order valence-electron chi connectivity index (χ0n) is 9.94. The van der Waals surface area contributed by atoms with Gasteiger partial charge in [0, 0.05) is 23.7 Å². The molecule has 1 aromatic heterocycles. The second-order valence-corrected chi connectivity index (χ2v) is 6.08. The second-order valence-electron chi connectivity index (χ2n) is 5.13. The number of nitrogens with one attached hydrogen (secondary N) is 1. The minimum Gasteiger partial charge on any atom is -0.316 e. The maximum absolute atomic E-state index is 4.56. The molecule has 0 bridgehead atoms. The molecule has 3 heterocycles. The summed E-state index contributed by atoms with van der Waals surface area (Å²) in [5, 5.41) is 6.93. The normalized spacial score (nSPS) is 34.5. The molecule has 1 N–H and O–H groups in total. The van der Waals surface area contributed by atoms with Crippen molar-refractivity contribution < 1.29 is 0 Å². The Morgan fingerprint density at radius 1 is 1.56 bits per heavy atom. The molecular formula is C12H19N3S. The highest BCUT2D eigenvalue weighted by molar-refractivity contribution is 7.09. The molecule has 2 aliphatic heterocycles. The van der Waals surface area contributed by atoms with Crippen molar-refractivity contribution in [2.75, 3.05) is 19.6 Å². The SMILES string of the molecule is Cc1csc(CN2CC3CNCC3C2C)n1. The Labute approximate surface area is 101 Å². The lowest BCUT2D eigenvalue weighted by molar-refractivity contribution is 0.231. The van der Waals surface area contributed by atoms with Crippen LogP contribution in [0.1, 0.15) is 17.6 Å². The predicted octanol–water partition coefficient (Wildman–Crippen LogP) is 1.49. The van der Waals surface area contributed by atoms with Gasteiger partial charge in [-0.25, -0.2) is 4.98 Å². The Bertz CT molecular complexity index is 376. The van der Waals surface area contributed by atoms with Crippen molar-refractivity contribution in [2.45, 2.75) is 26.4 Å². The van der Waals surface area contributed by atoms with Crippen molar-refractivity contribution in [3.63, 3.8) is 0 Å². The molecule has 0 aliphatic carbocycles. The van der Waals surface area contributed by atoms with Gasteiger partial charge in [-0.15, -0.1) is 11.3 Å². The molecule has 1 aromatic rings. The summed E-state index contributed by atoms with van der Waals surface area (Å²) in [5.74, 6) is 1.73. The Morgan fingerprint density at radius 3 is 3.12 bits per heavy atom. The first-order chi connectivity index (χ1) is 7.74. The van der Waals surface area contributed by atoms with Crippen molar-refractivity contribution in [3.8, 4) is 0 Å². The van der Waals surface area contributed by atoms with Gasteiger partial charge in [0.25, 0.3) is 0 Å². The van der Waals surface area contributed by atoms with Gasteiger partial charge < -0.3 is 5.32 Å². The maximum Gasteiger partial charge on any atom is 0.107 e. The second kappa shape index (κ2) is 4.09. The Morgan fingerprint density at radius 2 is 2.44 bits per heavy atom. The first-order valence-corrected chi connectivity index (χ1v) is 6.98. The van der Waals surface area contributed by atoms with Crippen LogP contribution in [0.2, 0.25) is 0 Å². The number of fused-ring (bicyclic) bond motifs is 1. The predicted molar refractivity (Wildman–Crippen MR) is 66.6 cm³/mol. The van der Waals surface area contributed by atoms with Gasteiger partial charge in [0.05, 0.1) is 6.54 Å². The van der Waals surface area contributed by atoms with Crippen molar-refractivity contribution >= 4 is 11.3 Å². The third kappa shape index (κ3) is 1.79. The van der Waals surface area contributed by atoms with Gasteiger partial charge in [-0.3, -0.25) is 4.90 Å². The molecule has 3 rings (SSSR count). The molecule has 2 fully saturated rings. The molecule has 0 spiro atoms. The molecule has 16 heavy (non-hydrogen) atoms. The van der Waals surface area contributed by atoms with E-state index in [1.807, 2.05) is 0 Å². The fraction of sp³-hybridized carbons (Fsp3) is 0.750. The van der Waals surface area contributed by atoms with Crippen LogP contribution in [0.4, 0.5) is 0 Å². The van der Waals surface area contributed by atoms with E-state index in [4.69, 9.17) is 0 Å². The quantitative estimate of drug-likeness (QED) is 0.845. The zero-order valence-corrected chi connectivity index (χ0v) is 10.8. The van der Waals surface area contributed by atoms with Gasteiger partial charge in [0.15, 0.2) is 0 Å². The highest BCUT2D eigenvalue weighted by atomic mass is 32.1. The van der Waals surface area contributed by atoms with E-state index in [-0.39, 0.29) is 0 Å². The van der Waals surface area contributed by atoms with Crippen LogP contribution in [-0.4, -0.2) is 35.6 Å². The van der Waals surface area contributed by atoms with Crippen LogP contribution in [0.3, 0.4) is 0 Å². The number of nitrogens with zero attached hydrogens (tertiary/aromatic N) is 2. The van der Waals surface area contributed by atoms with Crippen LogP contribution < -0.4 is 5.32 Å². The molecule has 3 unspecified atom stereocenters. The van der Waals surface area contributed by atoms with Crippen molar-refractivity contribution in [1.29, 1.82) is 0 Å². The van der Waals surface area contributed by atoms with E-state index in [1.54, 1.807) is 11.3 Å². The summed E-state index contributed by atoms with van der Waals surface area (Å²) in [7, 11) is 0. The van der Waals surface area contributed by atoms with Crippen LogP contribution in [0, 0.1) is 18.8 Å². The number of rotatable bonds is 2. The Balaban J connectivity index is 1.68. The van der Waals surface area contributed by atoms with Crippen LogP contribution in [0.25, 0.3) is 0 Å². The van der Waals surface area contributed by atoms with E-state index in [1.165, 1.54) is 24.6 Å². The summed E-state index contributed by atoms with van der Waals surface area (Å²) in [6.45, 7) is 9.16. The Kier molecular flexibility index (Phi) is 2.73. The topological polar surface area (TPSA) is 28.2 Å². The highest BCUT2D eigenvalue weighted by Crippen LogP contribution is 2.33. The van der Waals surface area contributed by atoms with Crippen molar-refractivity contribution in [1.82, 2.24) is 15.2 Å². The maximum atomic E-state index is 4.56. The lowest BCUT2D eigenvalue weighted by Gasteiger charge is -2.22. The van der Waals surface area contributed by atoms with E-state index in [0.29, 0.717) is 6.04 Å². The zero-order chi connectivity index (χ0) is 11.1. The van der Waals surface area contributed by atoms with Gasteiger partial charge in [-0.05, 0) is 38.8 Å². The summed E-state index contributed by atoms with van der Waals surface area (Å²) < 4.78 is 0. The fourth-order valence-electron chi connectivity index (χ4n) is 3.11. The number of likely N-dealkylation sites (tertiary alicyclic amines) is 1. The molecule has 3 nitrogen and oxygen atoms in total. The summed E-state index contributed by atoms with van der Waals surface area (Å²) in [6, 6.07) is 0.712. The van der Waals surface area contributed by atoms with Gasteiger partial charge in [-0.2, -0.15) is 0 Å². The third-order valence-corrected chi connectivity index (χ3v) is 5.01.